The van der Waals surface area contributed by atoms with Crippen LogP contribution in [0, 0.1) is 0 Å². The molecule has 10 nitrogen and oxygen atoms in total. The van der Waals surface area contributed by atoms with E-state index in [0.717, 1.165) is 5.56 Å². The lowest BCUT2D eigenvalue weighted by molar-refractivity contribution is -0.286. The van der Waals surface area contributed by atoms with Crippen LogP contribution in [0.1, 0.15) is 35.6 Å². The number of carbonyl (C=O) groups excluding carboxylic acids is 2. The van der Waals surface area contributed by atoms with Gasteiger partial charge in [0.1, 0.15) is 6.61 Å². The summed E-state index contributed by atoms with van der Waals surface area (Å²) in [6.07, 6.45) is -3.74. The second-order valence-corrected chi connectivity index (χ2v) is 9.67. The van der Waals surface area contributed by atoms with Gasteiger partial charge in [-0.2, -0.15) is 0 Å². The van der Waals surface area contributed by atoms with Gasteiger partial charge in [0.2, 0.25) is 5.60 Å². The number of ether oxygens (including phenoxy) is 4. The van der Waals surface area contributed by atoms with Crippen molar-refractivity contribution in [2.75, 3.05) is 13.6 Å². The second-order valence-electron chi connectivity index (χ2n) is 9.11. The summed E-state index contributed by atoms with van der Waals surface area (Å²) in [7, 11) is 1.56. The molecule has 0 spiro atoms. The maximum Gasteiger partial charge on any atom is 0.586 e. The average Bonchev–Trinajstić information content (AvgIpc) is 3.38. The molecule has 0 fully saturated rings. The third kappa shape index (κ3) is 3.44. The minimum Gasteiger partial charge on any atom is -0.457 e. The first-order valence-electron chi connectivity index (χ1n) is 11.7. The molecule has 198 valence electrons. The Labute approximate surface area is 222 Å². The second kappa shape index (κ2) is 8.46. The van der Waals surface area contributed by atoms with Crippen LogP contribution in [0.25, 0.3) is 22.3 Å². The molecule has 0 saturated heterocycles. The van der Waals surface area contributed by atoms with Crippen molar-refractivity contribution >= 4 is 38.8 Å². The van der Waals surface area contributed by atoms with Gasteiger partial charge in [0, 0.05) is 27.9 Å². The van der Waals surface area contributed by atoms with E-state index in [4.69, 9.17) is 14.5 Å². The summed E-state index contributed by atoms with van der Waals surface area (Å²) in [4.78, 5) is 43.8. The Balaban J connectivity index is 1.57. The van der Waals surface area contributed by atoms with Crippen LogP contribution in [-0.4, -0.2) is 41.4 Å². The van der Waals surface area contributed by atoms with Crippen LogP contribution in [0.3, 0.4) is 0 Å². The van der Waals surface area contributed by atoms with Crippen LogP contribution in [0.2, 0.25) is 0 Å². The number of nitrogens with one attached hydrogen (secondary N) is 1. The lowest BCUT2D eigenvalue weighted by Gasteiger charge is -2.35. The number of hydrogen-bond acceptors (Lipinski definition) is 9. The van der Waals surface area contributed by atoms with Gasteiger partial charge in [-0.1, -0.05) is 22.9 Å². The van der Waals surface area contributed by atoms with E-state index < -0.39 is 29.4 Å². The highest BCUT2D eigenvalue weighted by atomic mass is 79.9. The zero-order valence-corrected chi connectivity index (χ0v) is 21.7. The van der Waals surface area contributed by atoms with Gasteiger partial charge in [-0.3, -0.25) is 9.59 Å². The van der Waals surface area contributed by atoms with Crippen LogP contribution >= 0.6 is 15.9 Å². The Hall–Kier alpha value is -3.58. The lowest BCUT2D eigenvalue weighted by atomic mass is 9.85. The molecular weight excluding hydrogens is 572 g/mol. The van der Waals surface area contributed by atoms with E-state index in [1.165, 1.54) is 16.7 Å². The van der Waals surface area contributed by atoms with Crippen molar-refractivity contribution < 1.29 is 37.3 Å². The predicted molar refractivity (Wildman–Crippen MR) is 131 cm³/mol. The van der Waals surface area contributed by atoms with E-state index in [2.05, 4.69) is 30.7 Å². The monoisotopic (exact) mass is 591 g/mol. The third-order valence-corrected chi connectivity index (χ3v) is 7.60. The van der Waals surface area contributed by atoms with E-state index >= 15 is 0 Å². The minimum absolute atomic E-state index is 0.0412. The van der Waals surface area contributed by atoms with Crippen LogP contribution in [0.5, 0.6) is 11.5 Å². The van der Waals surface area contributed by atoms with Gasteiger partial charge in [-0.25, -0.2) is 9.78 Å². The summed E-state index contributed by atoms with van der Waals surface area (Å²) in [5, 5.41) is 3.59. The largest absolute Gasteiger partial charge is 0.586 e. The number of cyclic esters (lactones) is 1. The summed E-state index contributed by atoms with van der Waals surface area (Å²) >= 11 is 3.48. The summed E-state index contributed by atoms with van der Waals surface area (Å²) in [5.74, 6) is -1.71. The smallest absolute Gasteiger partial charge is 0.457 e. The van der Waals surface area contributed by atoms with Crippen LogP contribution < -0.4 is 20.3 Å². The van der Waals surface area contributed by atoms with Gasteiger partial charge in [-0.05, 0) is 31.2 Å². The van der Waals surface area contributed by atoms with Crippen molar-refractivity contribution in [1.29, 1.82) is 0 Å². The van der Waals surface area contributed by atoms with Gasteiger partial charge < -0.3 is 28.8 Å². The Bertz CT molecular complexity index is 1620. The van der Waals surface area contributed by atoms with Gasteiger partial charge >= 0.3 is 18.2 Å². The van der Waals surface area contributed by atoms with Crippen LogP contribution in [0.4, 0.5) is 8.78 Å². The molecule has 5 heterocycles. The van der Waals surface area contributed by atoms with E-state index in [0.29, 0.717) is 33.2 Å². The van der Waals surface area contributed by atoms with Crippen molar-refractivity contribution in [3.63, 3.8) is 0 Å². The number of nitrogens with zero attached hydrogens (tertiary/aromatic N) is 2. The number of carbonyl (C=O) groups is 2. The highest BCUT2D eigenvalue weighted by molar-refractivity contribution is 9.08. The van der Waals surface area contributed by atoms with Crippen LogP contribution in [0.15, 0.2) is 23.0 Å². The van der Waals surface area contributed by atoms with E-state index in [1.54, 1.807) is 20.0 Å². The average molecular weight is 592 g/mol. The van der Waals surface area contributed by atoms with Crippen LogP contribution in [-0.2, 0) is 43.1 Å². The number of pyridine rings is 2. The molecule has 0 bridgehead atoms. The van der Waals surface area contributed by atoms with Crippen molar-refractivity contribution in [2.24, 2.45) is 0 Å². The molecule has 0 saturated carbocycles. The minimum atomic E-state index is -3.78. The van der Waals surface area contributed by atoms with Crippen molar-refractivity contribution in [3.8, 4) is 22.9 Å². The molecule has 1 unspecified atom stereocenters. The number of alkyl halides is 3. The number of likely N-dealkylation sites (N-methyl/N-ethyl adjacent to an activating group) is 1. The SMILES string of the molecule is CCC1(OC(=O)CNC)C(=O)OCc2c1cc1n(c2=O)Cc2c-1nc1cc3c(cc1c2CBr)OC(F)(F)O3. The number of halogens is 3. The molecule has 3 aromatic rings. The number of fused-ring (bicyclic) bond motifs is 6. The first-order valence-corrected chi connectivity index (χ1v) is 12.9. The number of esters is 2. The fourth-order valence-corrected chi connectivity index (χ4v) is 5.93. The van der Waals surface area contributed by atoms with Crippen molar-refractivity contribution in [3.05, 3.63) is 50.8 Å². The molecule has 0 radical (unpaired) electrons. The molecule has 2 aromatic heterocycles. The Morgan fingerprint density at radius 3 is 2.63 bits per heavy atom. The fourth-order valence-electron chi connectivity index (χ4n) is 5.29. The quantitative estimate of drug-likeness (QED) is 0.276. The number of benzene rings is 1. The highest BCUT2D eigenvalue weighted by Crippen LogP contribution is 2.46. The van der Waals surface area contributed by atoms with E-state index in [1.807, 2.05) is 0 Å². The summed E-state index contributed by atoms with van der Waals surface area (Å²) in [6.45, 7) is 1.42. The topological polar surface area (TPSA) is 118 Å². The molecule has 0 aliphatic carbocycles. The number of hydrogen-bond donors (Lipinski definition) is 1. The number of aromatic nitrogens is 2. The molecule has 0 amide bonds. The molecule has 3 aliphatic heterocycles. The van der Waals surface area contributed by atoms with Gasteiger partial charge in [0.25, 0.3) is 5.56 Å². The molecule has 38 heavy (non-hydrogen) atoms. The Morgan fingerprint density at radius 2 is 1.95 bits per heavy atom. The van der Waals surface area contributed by atoms with E-state index in [9.17, 15) is 23.2 Å². The molecule has 1 aromatic carbocycles. The van der Waals surface area contributed by atoms with Crippen molar-refractivity contribution in [2.45, 2.75) is 43.7 Å². The number of rotatable bonds is 5. The zero-order chi connectivity index (χ0) is 27.0. The Kier molecular flexibility index (Phi) is 5.51. The summed E-state index contributed by atoms with van der Waals surface area (Å²) in [5.41, 5.74) is 0.929. The molecule has 13 heteroatoms. The van der Waals surface area contributed by atoms with Crippen molar-refractivity contribution in [1.82, 2.24) is 14.9 Å². The van der Waals surface area contributed by atoms with Gasteiger partial charge in [-0.15, -0.1) is 8.78 Å². The van der Waals surface area contributed by atoms with Gasteiger partial charge in [0.15, 0.2) is 11.5 Å². The molecule has 3 aliphatic rings. The maximum atomic E-state index is 13.7. The molecule has 1 atom stereocenters. The Morgan fingerprint density at radius 1 is 1.21 bits per heavy atom. The first kappa shape index (κ1) is 24.7. The van der Waals surface area contributed by atoms with E-state index in [-0.39, 0.29) is 48.7 Å². The zero-order valence-electron chi connectivity index (χ0n) is 20.2. The maximum absolute atomic E-state index is 13.7. The first-order chi connectivity index (χ1) is 18.1. The molecule has 6 rings (SSSR count). The third-order valence-electron chi connectivity index (χ3n) is 7.04. The normalized spacial score (nSPS) is 20.1. The fraction of sp³-hybridized carbons (Fsp3) is 0.360. The lowest BCUT2D eigenvalue weighted by Crippen LogP contribution is -2.48. The summed E-state index contributed by atoms with van der Waals surface area (Å²) in [6, 6.07) is 4.45. The molecular formula is C25H20BrF2N3O7. The highest BCUT2D eigenvalue weighted by Gasteiger charge is 2.50. The molecule has 1 N–H and O–H groups in total. The predicted octanol–water partition coefficient (Wildman–Crippen LogP) is 3.07. The van der Waals surface area contributed by atoms with Gasteiger partial charge in [0.05, 0.1) is 35.6 Å². The standard InChI is InChI=1S/C25H20BrF2N3O7/c1-3-24(38-20(32)8-29-2)15-5-17-21-13(9-31(17)22(33)14(15)10-35-23(24)34)12(7-26)11-4-18-19(6-16(11)30-21)37-25(27,28)36-18/h4-6,29H,3,7-10H2,1-2H3. The summed E-state index contributed by atoms with van der Waals surface area (Å²) < 4.78 is 49.1.